The summed E-state index contributed by atoms with van der Waals surface area (Å²) < 4.78 is 0. The topological polar surface area (TPSA) is 17.1 Å². The average molecular weight is 599 g/mol. The van der Waals surface area contributed by atoms with Crippen molar-refractivity contribution < 1.29 is 4.79 Å². The summed E-state index contributed by atoms with van der Waals surface area (Å²) in [6.07, 6.45) is 0. The molecule has 0 unspecified atom stereocenters. The summed E-state index contributed by atoms with van der Waals surface area (Å²) >= 11 is 0. The number of ketones is 1. The molecule has 0 amide bonds. The number of benzene rings is 6. The average Bonchev–Trinajstić information content (AvgIpc) is 3.12. The van der Waals surface area contributed by atoms with Gasteiger partial charge in [-0.3, -0.25) is 4.79 Å². The maximum atomic E-state index is 16.1. The first-order valence-electron chi connectivity index (χ1n) is 15.9. The second-order valence-electron chi connectivity index (χ2n) is 12.4. The van der Waals surface area contributed by atoms with Crippen LogP contribution in [0.4, 0.5) is 0 Å². The van der Waals surface area contributed by atoms with E-state index in [4.69, 9.17) is 0 Å². The number of rotatable bonds is 6. The largest absolute Gasteiger partial charge is 0.294 e. The van der Waals surface area contributed by atoms with Crippen LogP contribution in [0.15, 0.2) is 170 Å². The van der Waals surface area contributed by atoms with Crippen molar-refractivity contribution in [1.82, 2.24) is 0 Å². The van der Waals surface area contributed by atoms with E-state index in [1.807, 2.05) is 0 Å². The molecule has 2 heteroatoms. The molecular weight excluding hydrogens is 563 g/mol. The maximum absolute atomic E-state index is 16.1. The third kappa shape index (κ3) is 4.26. The zero-order valence-corrected chi connectivity index (χ0v) is 26.2. The van der Waals surface area contributed by atoms with Gasteiger partial charge < -0.3 is 0 Å². The Morgan fingerprint density at radius 1 is 0.444 bits per heavy atom. The monoisotopic (exact) mass is 598 g/mol. The van der Waals surface area contributed by atoms with Crippen LogP contribution < -0.4 is 15.9 Å². The zero-order chi connectivity index (χ0) is 30.4. The van der Waals surface area contributed by atoms with Gasteiger partial charge in [0, 0.05) is 23.0 Å². The Labute approximate surface area is 266 Å². The van der Waals surface area contributed by atoms with Crippen LogP contribution in [0, 0.1) is 11.8 Å². The van der Waals surface area contributed by atoms with Crippen LogP contribution in [0.3, 0.4) is 0 Å². The van der Waals surface area contributed by atoms with E-state index in [9.17, 15) is 0 Å². The summed E-state index contributed by atoms with van der Waals surface area (Å²) in [5.41, 5.74) is 6.41. The molecule has 0 heterocycles. The maximum Gasteiger partial charge on any atom is 0.168 e. The Bertz CT molecular complexity index is 1900. The number of hydrogen-bond acceptors (Lipinski definition) is 1. The van der Waals surface area contributed by atoms with Gasteiger partial charge in [0.2, 0.25) is 0 Å². The molecule has 0 fully saturated rings. The molecule has 6 aromatic rings. The molecule has 3 aliphatic carbocycles. The summed E-state index contributed by atoms with van der Waals surface area (Å²) in [6.45, 7) is -0.337. The standard InChI is InChI=1S/C43H35OP/c1-30-39-35-26-14-16-28-37(35)41(38-29-17-15-27-36(38)39)40(30)42(44)43(31-18-6-2-7-19-31)45(32-20-8-3-9-21-32,33-22-10-4-11-23-33)34-24-12-5-13-25-34/h2-30,39-41H,1H3/t30-,39?,40-,41?/m1/s1. The smallest absolute Gasteiger partial charge is 0.168 e. The van der Waals surface area contributed by atoms with Crippen molar-refractivity contribution in [2.24, 2.45) is 11.8 Å². The van der Waals surface area contributed by atoms with E-state index in [2.05, 4.69) is 177 Å². The van der Waals surface area contributed by atoms with Crippen LogP contribution >= 0.6 is 6.89 Å². The van der Waals surface area contributed by atoms with Gasteiger partial charge >= 0.3 is 0 Å². The number of carbonyl (C=O) groups is 1. The Morgan fingerprint density at radius 2 is 0.778 bits per heavy atom. The molecule has 3 aliphatic rings. The van der Waals surface area contributed by atoms with Crippen LogP contribution in [0.5, 0.6) is 0 Å². The molecule has 2 atom stereocenters. The molecule has 0 radical (unpaired) electrons. The first kappa shape index (κ1) is 27.8. The molecule has 0 saturated heterocycles. The normalized spacial score (nSPS) is 19.8. The lowest BCUT2D eigenvalue weighted by atomic mass is 9.53. The molecular formula is C43H35OP. The van der Waals surface area contributed by atoms with Crippen LogP contribution in [0.2, 0.25) is 0 Å². The molecule has 218 valence electrons. The van der Waals surface area contributed by atoms with Gasteiger partial charge in [0.15, 0.2) is 5.78 Å². The van der Waals surface area contributed by atoms with E-state index in [0.29, 0.717) is 0 Å². The van der Waals surface area contributed by atoms with Gasteiger partial charge in [-0.05, 0) is 56.5 Å². The summed E-state index contributed by atoms with van der Waals surface area (Å²) in [6, 6.07) is 60.7. The highest BCUT2D eigenvalue weighted by Crippen LogP contribution is 2.59. The zero-order valence-electron chi connectivity index (χ0n) is 25.3. The predicted octanol–water partition coefficient (Wildman–Crippen LogP) is 8.31. The van der Waals surface area contributed by atoms with Gasteiger partial charge in [0.25, 0.3) is 0 Å². The van der Waals surface area contributed by atoms with Crippen molar-refractivity contribution in [2.75, 3.05) is 0 Å². The molecule has 0 aliphatic heterocycles. The van der Waals surface area contributed by atoms with Crippen molar-refractivity contribution in [2.45, 2.75) is 18.8 Å². The molecule has 0 spiro atoms. The van der Waals surface area contributed by atoms with Crippen molar-refractivity contribution in [3.63, 3.8) is 0 Å². The molecule has 1 nitrogen and oxygen atoms in total. The van der Waals surface area contributed by atoms with Crippen LogP contribution in [0.25, 0.3) is 0 Å². The van der Waals surface area contributed by atoms with Crippen LogP contribution in [-0.2, 0) is 4.79 Å². The van der Waals surface area contributed by atoms with Crippen LogP contribution in [0.1, 0.15) is 46.6 Å². The van der Waals surface area contributed by atoms with Gasteiger partial charge in [0.05, 0.1) is 0 Å². The van der Waals surface area contributed by atoms with Crippen molar-refractivity contribution >= 4 is 33.9 Å². The molecule has 0 aromatic heterocycles. The third-order valence-electron chi connectivity index (χ3n) is 10.1. The third-order valence-corrected chi connectivity index (χ3v) is 14.5. The summed E-state index contributed by atoms with van der Waals surface area (Å²) in [7, 11) is 0. The summed E-state index contributed by atoms with van der Waals surface area (Å²) in [5, 5.41) is 4.54. The van der Waals surface area contributed by atoms with E-state index < -0.39 is 6.89 Å². The quantitative estimate of drug-likeness (QED) is 0.176. The van der Waals surface area contributed by atoms with Crippen LogP contribution in [-0.4, -0.2) is 11.1 Å². The van der Waals surface area contributed by atoms with Gasteiger partial charge in [-0.25, -0.2) is 0 Å². The van der Waals surface area contributed by atoms with Gasteiger partial charge in [0.1, 0.15) is 0 Å². The van der Waals surface area contributed by atoms with Gasteiger partial charge in [-0.1, -0.05) is 177 Å². The second kappa shape index (κ2) is 11.3. The summed E-state index contributed by atoms with van der Waals surface area (Å²) in [5.74, 6) is 0.428. The minimum atomic E-state index is -2.66. The van der Waals surface area contributed by atoms with Gasteiger partial charge in [-0.15, -0.1) is 0 Å². The highest BCUT2D eigenvalue weighted by molar-refractivity contribution is 7.96. The number of Topliss-reactive ketones (excluding diaryl/α,β-unsaturated/α-hetero) is 1. The number of hydrogen-bond donors (Lipinski definition) is 0. The highest BCUT2D eigenvalue weighted by Gasteiger charge is 2.52. The number of fused-ring (bicyclic) bond motifs is 1. The Balaban J connectivity index is 1.52. The fourth-order valence-electron chi connectivity index (χ4n) is 8.39. The molecule has 45 heavy (non-hydrogen) atoms. The van der Waals surface area contributed by atoms with Crippen molar-refractivity contribution in [1.29, 1.82) is 0 Å². The number of carbonyl (C=O) groups excluding carboxylic acids is 1. The first-order valence-corrected chi connectivity index (χ1v) is 17.7. The first-order chi connectivity index (χ1) is 22.2. The lowest BCUT2D eigenvalue weighted by Crippen LogP contribution is -2.46. The Morgan fingerprint density at radius 3 is 1.18 bits per heavy atom. The minimum Gasteiger partial charge on any atom is -0.294 e. The Hall–Kier alpha value is -4.71. The Kier molecular flexibility index (Phi) is 7.00. The van der Waals surface area contributed by atoms with Crippen molar-refractivity contribution in [3.8, 4) is 0 Å². The molecule has 0 N–H and O–H groups in total. The van der Waals surface area contributed by atoms with E-state index in [-0.39, 0.29) is 29.5 Å². The van der Waals surface area contributed by atoms with E-state index in [1.165, 1.54) is 38.2 Å². The fraction of sp³-hybridized carbons (Fsp3) is 0.116. The summed E-state index contributed by atoms with van der Waals surface area (Å²) in [4.78, 5) is 16.1. The fourth-order valence-corrected chi connectivity index (χ4v) is 12.9. The second-order valence-corrected chi connectivity index (χ2v) is 15.7. The molecule has 2 bridgehead atoms. The lowest BCUT2D eigenvalue weighted by Gasteiger charge is -2.49. The molecule has 6 aromatic carbocycles. The lowest BCUT2D eigenvalue weighted by molar-refractivity contribution is -0.118. The minimum absolute atomic E-state index is 0.00725. The van der Waals surface area contributed by atoms with E-state index in [1.54, 1.807) is 0 Å². The van der Waals surface area contributed by atoms with Gasteiger partial charge in [-0.2, -0.15) is 0 Å². The molecule has 0 saturated carbocycles. The SMILES string of the molecule is C[C@@H]1C2c3ccccc3C(c3ccccc32)[C@@H]1C(=O)C(c1ccccc1)=P(c1ccccc1)(c1ccccc1)c1ccccc1. The van der Waals surface area contributed by atoms with E-state index in [0.717, 1.165) is 10.9 Å². The predicted molar refractivity (Wildman–Crippen MR) is 190 cm³/mol. The molecule has 9 rings (SSSR count). The van der Waals surface area contributed by atoms with Crippen molar-refractivity contribution in [3.05, 3.63) is 198 Å². The highest BCUT2D eigenvalue weighted by atomic mass is 31.2. The van der Waals surface area contributed by atoms with E-state index >= 15 is 4.79 Å².